The lowest BCUT2D eigenvalue weighted by molar-refractivity contribution is -0.910. The topological polar surface area (TPSA) is 52.4 Å². The molecule has 122 valence electrons. The monoisotopic (exact) mass is 308 g/mol. The summed E-state index contributed by atoms with van der Waals surface area (Å²) in [6.45, 7) is 1.30. The molecule has 2 aliphatic rings. The van der Waals surface area contributed by atoms with Crippen LogP contribution >= 0.6 is 0 Å². The van der Waals surface area contributed by atoms with E-state index in [0.717, 1.165) is 12.3 Å². The van der Waals surface area contributed by atoms with Gasteiger partial charge in [0.15, 0.2) is 11.5 Å². The third kappa shape index (κ3) is 3.84. The van der Waals surface area contributed by atoms with Gasteiger partial charge in [-0.15, -0.1) is 0 Å². The van der Waals surface area contributed by atoms with Crippen LogP contribution in [0.4, 0.5) is 0 Å². The van der Waals surface area contributed by atoms with Gasteiger partial charge in [0.1, 0.15) is 25.0 Å². The van der Waals surface area contributed by atoms with Crippen molar-refractivity contribution in [2.75, 3.05) is 27.0 Å². The molecule has 1 aliphatic heterocycles. The number of likely N-dealkylation sites (N-methyl/N-ethyl adjacent to an activating group) is 1. The van der Waals surface area contributed by atoms with Crippen LogP contribution in [0.1, 0.15) is 32.1 Å². The van der Waals surface area contributed by atoms with Gasteiger partial charge >= 0.3 is 0 Å². The number of quaternary nitrogens is 1. The van der Waals surface area contributed by atoms with Gasteiger partial charge < -0.3 is 24.2 Å². The molecule has 1 fully saturated rings. The summed E-state index contributed by atoms with van der Waals surface area (Å²) in [5.41, 5.74) is 0. The summed E-state index contributed by atoms with van der Waals surface area (Å²) < 4.78 is 16.3. The van der Waals surface area contributed by atoms with Crippen LogP contribution in [-0.2, 0) is 0 Å². The number of benzene rings is 1. The maximum absolute atomic E-state index is 10.2. The number of aliphatic hydroxyl groups excluding tert-OH is 1. The predicted molar refractivity (Wildman–Crippen MR) is 82.7 cm³/mol. The molecule has 0 radical (unpaired) electrons. The molecule has 1 heterocycles. The third-order valence-electron chi connectivity index (χ3n) is 4.65. The lowest BCUT2D eigenvalue weighted by Gasteiger charge is -2.29. The van der Waals surface area contributed by atoms with Gasteiger partial charge in [0.2, 0.25) is 6.79 Å². The van der Waals surface area contributed by atoms with Crippen molar-refractivity contribution in [1.82, 2.24) is 0 Å². The lowest BCUT2D eigenvalue weighted by Crippen LogP contribution is -3.14. The molecule has 0 spiro atoms. The smallest absolute Gasteiger partial charge is 0.231 e. The van der Waals surface area contributed by atoms with Crippen molar-refractivity contribution in [3.8, 4) is 17.2 Å². The highest BCUT2D eigenvalue weighted by Crippen LogP contribution is 2.35. The fourth-order valence-electron chi connectivity index (χ4n) is 3.35. The van der Waals surface area contributed by atoms with Gasteiger partial charge in [-0.2, -0.15) is 0 Å². The Labute approximate surface area is 131 Å². The predicted octanol–water partition coefficient (Wildman–Crippen LogP) is 1.00. The first kappa shape index (κ1) is 15.4. The van der Waals surface area contributed by atoms with Gasteiger partial charge in [-0.05, 0) is 37.8 Å². The van der Waals surface area contributed by atoms with E-state index in [-0.39, 0.29) is 6.79 Å². The largest absolute Gasteiger partial charge is 0.491 e. The van der Waals surface area contributed by atoms with Crippen molar-refractivity contribution in [1.29, 1.82) is 0 Å². The molecule has 1 saturated carbocycles. The Bertz CT molecular complexity index is 488. The maximum atomic E-state index is 10.2. The number of aliphatic hydroxyl groups is 1. The first-order valence-corrected chi connectivity index (χ1v) is 8.25. The molecule has 2 atom stereocenters. The Balaban J connectivity index is 1.44. The van der Waals surface area contributed by atoms with Gasteiger partial charge in [0.25, 0.3) is 0 Å². The van der Waals surface area contributed by atoms with Gasteiger partial charge in [-0.3, -0.25) is 0 Å². The van der Waals surface area contributed by atoms with Crippen LogP contribution in [0.5, 0.6) is 17.2 Å². The molecule has 0 bridgehead atoms. The minimum Gasteiger partial charge on any atom is -0.491 e. The average molecular weight is 308 g/mol. The summed E-state index contributed by atoms with van der Waals surface area (Å²) in [6.07, 6.45) is 6.12. The van der Waals surface area contributed by atoms with E-state index < -0.39 is 6.10 Å². The fourth-order valence-corrected chi connectivity index (χ4v) is 3.35. The fraction of sp³-hybridized carbons (Fsp3) is 0.647. The molecular weight excluding hydrogens is 282 g/mol. The number of nitrogens with one attached hydrogen (secondary N) is 1. The normalized spacial score (nSPS) is 20.6. The van der Waals surface area contributed by atoms with E-state index in [4.69, 9.17) is 14.2 Å². The number of fused-ring (bicyclic) bond motifs is 1. The molecule has 1 unspecified atom stereocenters. The Kier molecular flexibility index (Phi) is 5.05. The number of ether oxygens (including phenoxy) is 3. The SMILES string of the molecule is C[NH+](C[C@H](O)COc1ccc2c(c1)OCO2)C1CCCCC1. The van der Waals surface area contributed by atoms with Crippen LogP contribution in [0.25, 0.3) is 0 Å². The second kappa shape index (κ2) is 7.20. The summed E-state index contributed by atoms with van der Waals surface area (Å²) in [4.78, 5) is 1.42. The average Bonchev–Trinajstić information content (AvgIpc) is 3.01. The van der Waals surface area contributed by atoms with Crippen molar-refractivity contribution in [2.45, 2.75) is 44.2 Å². The molecule has 1 aromatic carbocycles. The van der Waals surface area contributed by atoms with Crippen LogP contribution in [0, 0.1) is 0 Å². The zero-order valence-corrected chi connectivity index (χ0v) is 13.2. The van der Waals surface area contributed by atoms with Crippen LogP contribution in [0.3, 0.4) is 0 Å². The Morgan fingerprint density at radius 3 is 2.82 bits per heavy atom. The van der Waals surface area contributed by atoms with Crippen molar-refractivity contribution in [2.24, 2.45) is 0 Å². The van der Waals surface area contributed by atoms with Gasteiger partial charge in [0.05, 0.1) is 13.1 Å². The molecule has 0 aromatic heterocycles. The molecule has 3 rings (SSSR count). The van der Waals surface area contributed by atoms with E-state index >= 15 is 0 Å². The lowest BCUT2D eigenvalue weighted by atomic mass is 9.94. The summed E-state index contributed by atoms with van der Waals surface area (Å²) in [5, 5.41) is 10.2. The van der Waals surface area contributed by atoms with Crippen LogP contribution < -0.4 is 19.1 Å². The number of hydrogen-bond acceptors (Lipinski definition) is 4. The van der Waals surface area contributed by atoms with Crippen molar-refractivity contribution in [3.05, 3.63) is 18.2 Å². The second-order valence-electron chi connectivity index (χ2n) is 6.37. The minimum absolute atomic E-state index is 0.261. The standard InChI is InChI=1S/C17H25NO4/c1-18(13-5-3-2-4-6-13)10-14(19)11-20-15-7-8-16-17(9-15)22-12-21-16/h7-9,13-14,19H,2-6,10-12H2,1H3/p+1/t14-/m0/s1. The summed E-state index contributed by atoms with van der Waals surface area (Å²) >= 11 is 0. The Hall–Kier alpha value is -1.46. The summed E-state index contributed by atoms with van der Waals surface area (Å²) in [5.74, 6) is 2.16. The van der Waals surface area contributed by atoms with Gasteiger partial charge in [-0.25, -0.2) is 0 Å². The first-order valence-electron chi connectivity index (χ1n) is 8.25. The van der Waals surface area contributed by atoms with Crippen molar-refractivity contribution < 1.29 is 24.2 Å². The third-order valence-corrected chi connectivity index (χ3v) is 4.65. The molecular formula is C17H26NO4+. The Morgan fingerprint density at radius 1 is 1.23 bits per heavy atom. The van der Waals surface area contributed by atoms with Crippen LogP contribution in [0.15, 0.2) is 18.2 Å². The number of hydrogen-bond donors (Lipinski definition) is 2. The highest BCUT2D eigenvalue weighted by Gasteiger charge is 2.23. The zero-order chi connectivity index (χ0) is 15.4. The molecule has 1 aliphatic carbocycles. The van der Waals surface area contributed by atoms with E-state index in [9.17, 15) is 5.11 Å². The van der Waals surface area contributed by atoms with E-state index in [0.29, 0.717) is 24.1 Å². The number of rotatable bonds is 6. The Morgan fingerprint density at radius 2 is 2.00 bits per heavy atom. The van der Waals surface area contributed by atoms with E-state index in [2.05, 4.69) is 7.05 Å². The molecule has 5 nitrogen and oxygen atoms in total. The summed E-state index contributed by atoms with van der Waals surface area (Å²) in [6, 6.07) is 6.18. The molecule has 22 heavy (non-hydrogen) atoms. The van der Waals surface area contributed by atoms with Gasteiger partial charge in [0, 0.05) is 6.07 Å². The molecule has 0 amide bonds. The highest BCUT2D eigenvalue weighted by molar-refractivity contribution is 5.46. The molecule has 1 aromatic rings. The van der Waals surface area contributed by atoms with Crippen LogP contribution in [-0.4, -0.2) is 44.2 Å². The van der Waals surface area contributed by atoms with Crippen molar-refractivity contribution >= 4 is 0 Å². The molecule has 2 N–H and O–H groups in total. The zero-order valence-electron chi connectivity index (χ0n) is 13.2. The highest BCUT2D eigenvalue weighted by atomic mass is 16.7. The van der Waals surface area contributed by atoms with Gasteiger partial charge in [-0.1, -0.05) is 6.42 Å². The minimum atomic E-state index is -0.452. The maximum Gasteiger partial charge on any atom is 0.231 e. The van der Waals surface area contributed by atoms with Crippen LogP contribution in [0.2, 0.25) is 0 Å². The quantitative estimate of drug-likeness (QED) is 0.823. The van der Waals surface area contributed by atoms with E-state index in [1.807, 2.05) is 18.2 Å². The second-order valence-corrected chi connectivity index (χ2v) is 6.37. The summed E-state index contributed by atoms with van der Waals surface area (Å²) in [7, 11) is 2.18. The molecule has 5 heteroatoms. The first-order chi connectivity index (χ1) is 10.7. The molecule has 0 saturated heterocycles. The van der Waals surface area contributed by atoms with E-state index in [1.165, 1.54) is 37.0 Å². The van der Waals surface area contributed by atoms with Crippen molar-refractivity contribution in [3.63, 3.8) is 0 Å². The van der Waals surface area contributed by atoms with E-state index in [1.54, 1.807) is 0 Å².